The van der Waals surface area contributed by atoms with Crippen LogP contribution in [0.1, 0.15) is 11.3 Å². The Bertz CT molecular complexity index is 1040. The van der Waals surface area contributed by atoms with Crippen LogP contribution in [0.4, 0.5) is 5.82 Å². The van der Waals surface area contributed by atoms with Crippen molar-refractivity contribution in [1.29, 1.82) is 0 Å². The summed E-state index contributed by atoms with van der Waals surface area (Å²) in [6.45, 7) is 2.11. The zero-order valence-electron chi connectivity index (χ0n) is 13.3. The Morgan fingerprint density at radius 1 is 1.08 bits per heavy atom. The first kappa shape index (κ1) is 15.5. The summed E-state index contributed by atoms with van der Waals surface area (Å²) in [4.78, 5) is 12.7. The summed E-state index contributed by atoms with van der Waals surface area (Å²) < 4.78 is 32.2. The lowest BCUT2D eigenvalue weighted by atomic mass is 10.2. The third kappa shape index (κ3) is 2.80. The fraction of sp³-hybridized carbons (Fsp3) is 0.118. The minimum atomic E-state index is -3.62. The molecule has 3 aromatic rings. The molecule has 4 rings (SSSR count). The van der Waals surface area contributed by atoms with Crippen LogP contribution in [0.3, 0.4) is 0 Å². The van der Waals surface area contributed by atoms with Crippen LogP contribution in [0.5, 0.6) is 11.8 Å². The Labute approximate surface area is 145 Å². The van der Waals surface area contributed by atoms with Gasteiger partial charge in [-0.2, -0.15) is 4.98 Å². The monoisotopic (exact) mass is 354 g/mol. The Balaban J connectivity index is 1.65. The average Bonchev–Trinajstić information content (AvgIpc) is 2.89. The molecule has 0 N–H and O–H groups in total. The lowest BCUT2D eigenvalue weighted by Crippen LogP contribution is -2.24. The molecular formula is C17H14N4O3S. The lowest BCUT2D eigenvalue weighted by Gasteiger charge is -2.16. The van der Waals surface area contributed by atoms with Crippen molar-refractivity contribution in [2.75, 3.05) is 4.31 Å². The normalized spacial score (nSPS) is 15.0. The number of anilines is 1. The summed E-state index contributed by atoms with van der Waals surface area (Å²) in [6.07, 6.45) is 3.03. The second-order valence-corrected chi connectivity index (χ2v) is 7.38. The van der Waals surface area contributed by atoms with E-state index >= 15 is 0 Å². The summed E-state index contributed by atoms with van der Waals surface area (Å²) in [5.41, 5.74) is 1.61. The molecule has 1 aliphatic heterocycles. The van der Waals surface area contributed by atoms with Crippen molar-refractivity contribution in [3.8, 4) is 11.8 Å². The molecule has 7 nitrogen and oxygen atoms in total. The Morgan fingerprint density at radius 3 is 2.68 bits per heavy atom. The predicted octanol–water partition coefficient (Wildman–Crippen LogP) is 2.68. The number of hydrogen-bond donors (Lipinski definition) is 0. The third-order valence-electron chi connectivity index (χ3n) is 3.82. The summed E-state index contributed by atoms with van der Waals surface area (Å²) >= 11 is 0. The fourth-order valence-corrected chi connectivity index (χ4v) is 4.20. The van der Waals surface area contributed by atoms with Gasteiger partial charge in [0.2, 0.25) is 0 Å². The Morgan fingerprint density at radius 2 is 1.92 bits per heavy atom. The molecule has 126 valence electrons. The van der Waals surface area contributed by atoms with E-state index in [0.717, 1.165) is 11.3 Å². The second-order valence-electron chi connectivity index (χ2n) is 5.55. The number of sulfonamides is 1. The molecule has 0 saturated carbocycles. The van der Waals surface area contributed by atoms with Gasteiger partial charge in [-0.1, -0.05) is 18.2 Å². The number of benzene rings is 1. The second kappa shape index (κ2) is 5.82. The molecule has 2 aromatic heterocycles. The third-order valence-corrected chi connectivity index (χ3v) is 5.67. The molecule has 0 spiro atoms. The van der Waals surface area contributed by atoms with E-state index in [0.29, 0.717) is 10.6 Å². The van der Waals surface area contributed by atoms with Gasteiger partial charge in [-0.15, -0.1) is 0 Å². The molecule has 0 radical (unpaired) electrons. The molecular weight excluding hydrogens is 340 g/mol. The largest absolute Gasteiger partial charge is 0.423 e. The minimum Gasteiger partial charge on any atom is -0.423 e. The smallest absolute Gasteiger partial charge is 0.323 e. The number of rotatable bonds is 3. The SMILES string of the molecule is Cc1ccc(Oc2nccc(N3Cc4ccccc4S3(=O)=O)n2)cn1. The number of hydrogen-bond acceptors (Lipinski definition) is 6. The van der Waals surface area contributed by atoms with Gasteiger partial charge < -0.3 is 4.74 Å². The van der Waals surface area contributed by atoms with Gasteiger partial charge in [-0.05, 0) is 30.7 Å². The number of nitrogens with zero attached hydrogens (tertiary/aromatic N) is 4. The van der Waals surface area contributed by atoms with Crippen molar-refractivity contribution < 1.29 is 13.2 Å². The van der Waals surface area contributed by atoms with Crippen LogP contribution in [-0.4, -0.2) is 23.4 Å². The molecule has 3 heterocycles. The van der Waals surface area contributed by atoms with Crippen molar-refractivity contribution in [3.63, 3.8) is 0 Å². The Hall–Kier alpha value is -3.00. The van der Waals surface area contributed by atoms with Crippen molar-refractivity contribution in [2.45, 2.75) is 18.4 Å². The molecule has 1 aromatic carbocycles. The number of aromatic nitrogens is 3. The van der Waals surface area contributed by atoms with Crippen molar-refractivity contribution in [3.05, 3.63) is 66.1 Å². The van der Waals surface area contributed by atoms with E-state index in [1.165, 1.54) is 10.5 Å². The molecule has 25 heavy (non-hydrogen) atoms. The lowest BCUT2D eigenvalue weighted by molar-refractivity contribution is 0.440. The van der Waals surface area contributed by atoms with Crippen LogP contribution in [0.2, 0.25) is 0 Å². The molecule has 0 atom stereocenters. The minimum absolute atomic E-state index is 0.0642. The van der Waals surface area contributed by atoms with E-state index in [-0.39, 0.29) is 18.4 Å². The van der Waals surface area contributed by atoms with Crippen LogP contribution in [0, 0.1) is 6.92 Å². The van der Waals surface area contributed by atoms with E-state index in [4.69, 9.17) is 4.74 Å². The van der Waals surface area contributed by atoms with Crippen molar-refractivity contribution in [1.82, 2.24) is 15.0 Å². The van der Waals surface area contributed by atoms with Gasteiger partial charge in [0.1, 0.15) is 11.6 Å². The van der Waals surface area contributed by atoms with Crippen molar-refractivity contribution in [2.24, 2.45) is 0 Å². The maximum absolute atomic E-state index is 12.7. The molecule has 0 bridgehead atoms. The first-order valence-electron chi connectivity index (χ1n) is 7.58. The van der Waals surface area contributed by atoms with Crippen LogP contribution >= 0.6 is 0 Å². The molecule has 0 aliphatic carbocycles. The fourth-order valence-electron chi connectivity index (χ4n) is 2.59. The van der Waals surface area contributed by atoms with Gasteiger partial charge in [-0.25, -0.2) is 17.7 Å². The van der Waals surface area contributed by atoms with Gasteiger partial charge >= 0.3 is 6.01 Å². The van der Waals surface area contributed by atoms with Gasteiger partial charge in [-0.3, -0.25) is 4.98 Å². The molecule has 0 saturated heterocycles. The molecule has 0 fully saturated rings. The number of fused-ring (bicyclic) bond motifs is 1. The van der Waals surface area contributed by atoms with Crippen LogP contribution < -0.4 is 9.04 Å². The summed E-state index contributed by atoms with van der Waals surface area (Å²) in [6, 6.07) is 12.1. The maximum atomic E-state index is 12.7. The van der Waals surface area contributed by atoms with Gasteiger partial charge in [0.25, 0.3) is 10.0 Å². The highest BCUT2D eigenvalue weighted by Gasteiger charge is 2.35. The van der Waals surface area contributed by atoms with E-state index < -0.39 is 10.0 Å². The summed E-state index contributed by atoms with van der Waals surface area (Å²) in [5.74, 6) is 0.747. The molecule has 0 amide bonds. The topological polar surface area (TPSA) is 85.3 Å². The maximum Gasteiger partial charge on any atom is 0.323 e. The first-order valence-corrected chi connectivity index (χ1v) is 9.02. The van der Waals surface area contributed by atoms with E-state index in [1.807, 2.05) is 13.0 Å². The summed E-state index contributed by atoms with van der Waals surface area (Å²) in [5, 5.41) is 0. The summed E-state index contributed by atoms with van der Waals surface area (Å²) in [7, 11) is -3.62. The van der Waals surface area contributed by atoms with E-state index in [9.17, 15) is 8.42 Å². The zero-order chi connectivity index (χ0) is 17.4. The van der Waals surface area contributed by atoms with E-state index in [2.05, 4.69) is 15.0 Å². The number of ether oxygens (including phenoxy) is 1. The predicted molar refractivity (Wildman–Crippen MR) is 90.9 cm³/mol. The van der Waals surface area contributed by atoms with Crippen LogP contribution in [0.25, 0.3) is 0 Å². The highest BCUT2D eigenvalue weighted by Crippen LogP contribution is 2.33. The van der Waals surface area contributed by atoms with Crippen molar-refractivity contribution >= 4 is 15.8 Å². The van der Waals surface area contributed by atoms with E-state index in [1.54, 1.807) is 42.6 Å². The molecule has 0 unspecified atom stereocenters. The standard InChI is InChI=1S/C17H14N4O3S/c1-12-6-7-14(10-19-12)24-17-18-9-8-16(20-17)21-11-13-4-2-3-5-15(13)25(21,22)23/h2-10H,11H2,1H3. The number of aryl methyl sites for hydroxylation is 1. The highest BCUT2D eigenvalue weighted by atomic mass is 32.2. The van der Waals surface area contributed by atoms with Gasteiger partial charge in [0.05, 0.1) is 17.6 Å². The molecule has 1 aliphatic rings. The highest BCUT2D eigenvalue weighted by molar-refractivity contribution is 7.93. The Kier molecular flexibility index (Phi) is 3.61. The average molecular weight is 354 g/mol. The zero-order valence-corrected chi connectivity index (χ0v) is 14.1. The van der Waals surface area contributed by atoms with Gasteiger partial charge in [0.15, 0.2) is 0 Å². The quantitative estimate of drug-likeness (QED) is 0.719. The molecule has 8 heteroatoms. The number of pyridine rings is 1. The van der Waals surface area contributed by atoms with Crippen LogP contribution in [-0.2, 0) is 16.6 Å². The van der Waals surface area contributed by atoms with Gasteiger partial charge in [0, 0.05) is 18.0 Å². The first-order chi connectivity index (χ1) is 12.0. The van der Waals surface area contributed by atoms with Crippen LogP contribution in [0.15, 0.2) is 59.8 Å².